The van der Waals surface area contributed by atoms with E-state index in [-0.39, 0.29) is 18.6 Å². The first-order valence-electron chi connectivity index (χ1n) is 10.4. The third-order valence-electron chi connectivity index (χ3n) is 5.39. The Morgan fingerprint density at radius 3 is 2.68 bits per heavy atom. The summed E-state index contributed by atoms with van der Waals surface area (Å²) in [5.74, 6) is 0.424. The largest absolute Gasteiger partial charge is 0.490 e. The van der Waals surface area contributed by atoms with Gasteiger partial charge in [0.05, 0.1) is 28.9 Å². The molecule has 0 unspecified atom stereocenters. The van der Waals surface area contributed by atoms with E-state index in [1.54, 1.807) is 30.5 Å². The van der Waals surface area contributed by atoms with Crippen molar-refractivity contribution in [3.63, 3.8) is 0 Å². The zero-order valence-corrected chi connectivity index (χ0v) is 17.8. The van der Waals surface area contributed by atoms with E-state index in [4.69, 9.17) is 16.3 Å². The molecule has 1 aliphatic rings. The SMILES string of the molecule is O=Cc1cccc(-c2ccnc(CNC(=O)c3ccc(OC4CCCC4)cc3Cl)c2)c1. The molecular weight excluding hydrogens is 412 g/mol. The Balaban J connectivity index is 1.41. The number of nitrogens with one attached hydrogen (secondary N) is 1. The van der Waals surface area contributed by atoms with Gasteiger partial charge in [-0.05, 0) is 73.2 Å². The number of nitrogens with zero attached hydrogens (tertiary/aromatic N) is 1. The van der Waals surface area contributed by atoms with Crippen LogP contribution in [0.2, 0.25) is 5.02 Å². The van der Waals surface area contributed by atoms with Crippen LogP contribution in [-0.4, -0.2) is 23.3 Å². The van der Waals surface area contributed by atoms with Crippen molar-refractivity contribution in [3.8, 4) is 16.9 Å². The number of carbonyl (C=O) groups is 2. The average Bonchev–Trinajstić information content (AvgIpc) is 3.31. The van der Waals surface area contributed by atoms with Crippen LogP contribution in [0, 0.1) is 0 Å². The van der Waals surface area contributed by atoms with Gasteiger partial charge in [0.1, 0.15) is 12.0 Å². The maximum atomic E-state index is 12.6. The summed E-state index contributed by atoms with van der Waals surface area (Å²) in [5, 5.41) is 3.23. The van der Waals surface area contributed by atoms with E-state index in [1.165, 1.54) is 12.8 Å². The summed E-state index contributed by atoms with van der Waals surface area (Å²) in [6.07, 6.45) is 7.25. The smallest absolute Gasteiger partial charge is 0.253 e. The van der Waals surface area contributed by atoms with Crippen molar-refractivity contribution < 1.29 is 14.3 Å². The highest BCUT2D eigenvalue weighted by Crippen LogP contribution is 2.28. The van der Waals surface area contributed by atoms with Crippen molar-refractivity contribution in [1.82, 2.24) is 10.3 Å². The standard InChI is InChI=1S/C25H23ClN2O3/c26-24-14-22(31-21-6-1-2-7-21)8-9-23(24)25(30)28-15-20-13-19(10-11-27-20)18-5-3-4-17(12-18)16-29/h3-5,8-14,16,21H,1-2,6-7,15H2,(H,28,30). The monoisotopic (exact) mass is 434 g/mol. The molecule has 1 saturated carbocycles. The van der Waals surface area contributed by atoms with Crippen LogP contribution in [0.3, 0.4) is 0 Å². The second-order valence-electron chi connectivity index (χ2n) is 7.63. The van der Waals surface area contributed by atoms with Crippen LogP contribution >= 0.6 is 11.6 Å². The third-order valence-corrected chi connectivity index (χ3v) is 5.71. The number of carbonyl (C=O) groups excluding carboxylic acids is 2. The van der Waals surface area contributed by atoms with Gasteiger partial charge >= 0.3 is 0 Å². The Morgan fingerprint density at radius 1 is 1.10 bits per heavy atom. The van der Waals surface area contributed by atoms with E-state index in [9.17, 15) is 9.59 Å². The van der Waals surface area contributed by atoms with Gasteiger partial charge in [-0.2, -0.15) is 0 Å². The first-order chi connectivity index (χ1) is 15.1. The molecule has 6 heteroatoms. The molecule has 4 rings (SSSR count). The topological polar surface area (TPSA) is 68.3 Å². The van der Waals surface area contributed by atoms with Gasteiger partial charge in [-0.1, -0.05) is 29.8 Å². The van der Waals surface area contributed by atoms with Crippen molar-refractivity contribution in [2.24, 2.45) is 0 Å². The van der Waals surface area contributed by atoms with Gasteiger partial charge in [0.15, 0.2) is 0 Å². The number of rotatable bonds is 7. The molecule has 1 aliphatic carbocycles. The quantitative estimate of drug-likeness (QED) is 0.501. The van der Waals surface area contributed by atoms with E-state index < -0.39 is 0 Å². The molecule has 31 heavy (non-hydrogen) atoms. The Bertz CT molecular complexity index is 1090. The van der Waals surface area contributed by atoms with E-state index >= 15 is 0 Å². The molecule has 158 valence electrons. The Kier molecular flexibility index (Phi) is 6.63. The lowest BCUT2D eigenvalue weighted by molar-refractivity contribution is 0.0950. The number of halogens is 1. The fraction of sp³-hybridized carbons (Fsp3) is 0.240. The summed E-state index contributed by atoms with van der Waals surface area (Å²) in [6.45, 7) is 0.261. The second kappa shape index (κ2) is 9.75. The lowest BCUT2D eigenvalue weighted by atomic mass is 10.0. The molecule has 0 aliphatic heterocycles. The van der Waals surface area contributed by atoms with Crippen molar-refractivity contribution in [2.75, 3.05) is 0 Å². The summed E-state index contributed by atoms with van der Waals surface area (Å²) in [4.78, 5) is 28.0. The number of hydrogen-bond acceptors (Lipinski definition) is 4. The molecule has 0 bridgehead atoms. The second-order valence-corrected chi connectivity index (χ2v) is 8.04. The first-order valence-corrected chi connectivity index (χ1v) is 10.7. The maximum absolute atomic E-state index is 12.6. The summed E-state index contributed by atoms with van der Waals surface area (Å²) < 4.78 is 5.94. The highest BCUT2D eigenvalue weighted by atomic mass is 35.5. The Labute approximate surface area is 186 Å². The molecule has 1 amide bonds. The number of hydrogen-bond donors (Lipinski definition) is 1. The summed E-state index contributed by atoms with van der Waals surface area (Å²) in [5.41, 5.74) is 3.56. The first kappa shape index (κ1) is 21.1. The van der Waals surface area contributed by atoms with Gasteiger partial charge in [-0.3, -0.25) is 14.6 Å². The number of aldehydes is 1. The molecule has 1 N–H and O–H groups in total. The molecule has 5 nitrogen and oxygen atoms in total. The minimum atomic E-state index is -0.271. The molecule has 1 aromatic heterocycles. The molecule has 0 spiro atoms. The molecule has 1 heterocycles. The zero-order valence-electron chi connectivity index (χ0n) is 17.0. The van der Waals surface area contributed by atoms with Crippen molar-refractivity contribution in [3.05, 3.63) is 82.6 Å². The van der Waals surface area contributed by atoms with Crippen LogP contribution in [0.25, 0.3) is 11.1 Å². The molecule has 0 radical (unpaired) electrons. The molecule has 2 aromatic carbocycles. The lowest BCUT2D eigenvalue weighted by Gasteiger charge is -2.14. The van der Waals surface area contributed by atoms with Crippen LogP contribution in [-0.2, 0) is 6.54 Å². The van der Waals surface area contributed by atoms with Gasteiger partial charge in [-0.15, -0.1) is 0 Å². The molecule has 1 fully saturated rings. The van der Waals surface area contributed by atoms with E-state index in [0.29, 0.717) is 27.6 Å². The van der Waals surface area contributed by atoms with E-state index in [2.05, 4.69) is 10.3 Å². The highest BCUT2D eigenvalue weighted by Gasteiger charge is 2.18. The fourth-order valence-corrected chi connectivity index (χ4v) is 4.02. The van der Waals surface area contributed by atoms with Crippen LogP contribution in [0.5, 0.6) is 5.75 Å². The van der Waals surface area contributed by atoms with E-state index in [0.717, 1.165) is 30.3 Å². The van der Waals surface area contributed by atoms with Crippen LogP contribution in [0.15, 0.2) is 60.8 Å². The van der Waals surface area contributed by atoms with Crippen LogP contribution in [0.4, 0.5) is 0 Å². The minimum absolute atomic E-state index is 0.237. The van der Waals surface area contributed by atoms with Crippen molar-refractivity contribution in [2.45, 2.75) is 38.3 Å². The van der Waals surface area contributed by atoms with Crippen LogP contribution in [0.1, 0.15) is 52.1 Å². The minimum Gasteiger partial charge on any atom is -0.490 e. The van der Waals surface area contributed by atoms with Crippen molar-refractivity contribution >= 4 is 23.8 Å². The van der Waals surface area contributed by atoms with Gasteiger partial charge in [0.25, 0.3) is 5.91 Å². The maximum Gasteiger partial charge on any atom is 0.253 e. The average molecular weight is 435 g/mol. The molecule has 3 aromatic rings. The number of benzene rings is 2. The Morgan fingerprint density at radius 2 is 1.90 bits per heavy atom. The Hall–Kier alpha value is -3.18. The zero-order chi connectivity index (χ0) is 21.6. The molecule has 0 atom stereocenters. The van der Waals surface area contributed by atoms with Gasteiger partial charge in [0, 0.05) is 11.8 Å². The van der Waals surface area contributed by atoms with Gasteiger partial charge < -0.3 is 10.1 Å². The third kappa shape index (κ3) is 5.30. The highest BCUT2D eigenvalue weighted by molar-refractivity contribution is 6.34. The summed E-state index contributed by atoms with van der Waals surface area (Å²) in [6, 6.07) is 16.3. The predicted molar refractivity (Wildman–Crippen MR) is 121 cm³/mol. The molecular formula is C25H23ClN2O3. The lowest BCUT2D eigenvalue weighted by Crippen LogP contribution is -2.23. The van der Waals surface area contributed by atoms with Gasteiger partial charge in [-0.25, -0.2) is 0 Å². The normalized spacial score (nSPS) is 13.7. The van der Waals surface area contributed by atoms with Gasteiger partial charge in [0.2, 0.25) is 0 Å². The molecule has 0 saturated heterocycles. The summed E-state index contributed by atoms with van der Waals surface area (Å²) in [7, 11) is 0. The number of aromatic nitrogens is 1. The van der Waals surface area contributed by atoms with Crippen LogP contribution < -0.4 is 10.1 Å². The predicted octanol–water partition coefficient (Wildman–Crippen LogP) is 5.47. The fourth-order valence-electron chi connectivity index (χ4n) is 3.76. The summed E-state index contributed by atoms with van der Waals surface area (Å²) >= 11 is 6.34. The number of amides is 1. The van der Waals surface area contributed by atoms with Crippen molar-refractivity contribution in [1.29, 1.82) is 0 Å². The van der Waals surface area contributed by atoms with E-state index in [1.807, 2.05) is 30.3 Å². The number of pyridine rings is 1. The number of ether oxygens (including phenoxy) is 1.